The highest BCUT2D eigenvalue weighted by Crippen LogP contribution is 2.25. The second-order valence-electron chi connectivity index (χ2n) is 4.40. The van der Waals surface area contributed by atoms with Crippen molar-refractivity contribution in [2.45, 2.75) is 25.3 Å². The molecule has 0 saturated heterocycles. The number of aromatic nitrogens is 2. The van der Waals surface area contributed by atoms with Crippen molar-refractivity contribution in [2.24, 2.45) is 0 Å². The third kappa shape index (κ3) is 3.05. The molecule has 0 aliphatic carbocycles. The van der Waals surface area contributed by atoms with Crippen LogP contribution in [0.2, 0.25) is 0 Å². The fourth-order valence-electron chi connectivity index (χ4n) is 2.12. The van der Waals surface area contributed by atoms with Gasteiger partial charge in [-0.3, -0.25) is 0 Å². The minimum atomic E-state index is -0.132. The number of nitrogens with zero attached hydrogens (tertiary/aromatic N) is 3. The van der Waals surface area contributed by atoms with Gasteiger partial charge in [-0.2, -0.15) is 17.0 Å². The lowest BCUT2D eigenvalue weighted by atomic mass is 10.2. The Morgan fingerprint density at radius 2 is 2.32 bits per heavy atom. The van der Waals surface area contributed by atoms with E-state index in [1.165, 1.54) is 0 Å². The normalized spacial score (nSPS) is 12.5. The number of benzene rings is 1. The van der Waals surface area contributed by atoms with Crippen molar-refractivity contribution in [1.29, 1.82) is 5.26 Å². The molecule has 0 amide bonds. The first-order valence-electron chi connectivity index (χ1n) is 6.20. The highest BCUT2D eigenvalue weighted by atomic mass is 35.5. The molecule has 0 saturated carbocycles. The number of aryl methyl sites for hydroxylation is 1. The minimum Gasteiger partial charge on any atom is -0.327 e. The van der Waals surface area contributed by atoms with Crippen LogP contribution >= 0.6 is 23.4 Å². The molecular formula is C14H16ClN3S. The number of alkyl halides is 1. The van der Waals surface area contributed by atoms with Crippen LogP contribution in [0.1, 0.15) is 30.1 Å². The molecule has 0 aliphatic rings. The molecule has 1 atom stereocenters. The van der Waals surface area contributed by atoms with Crippen LogP contribution in [0.5, 0.6) is 0 Å². The van der Waals surface area contributed by atoms with Crippen LogP contribution in [-0.4, -0.2) is 21.6 Å². The molecule has 5 heteroatoms. The average molecular weight is 294 g/mol. The van der Waals surface area contributed by atoms with Gasteiger partial charge in [0.2, 0.25) is 0 Å². The van der Waals surface area contributed by atoms with E-state index in [9.17, 15) is 0 Å². The molecule has 0 bridgehead atoms. The molecule has 0 N–H and O–H groups in total. The van der Waals surface area contributed by atoms with Gasteiger partial charge < -0.3 is 4.57 Å². The fourth-order valence-corrected chi connectivity index (χ4v) is 2.70. The van der Waals surface area contributed by atoms with Gasteiger partial charge >= 0.3 is 0 Å². The number of hydrogen-bond acceptors (Lipinski definition) is 3. The second kappa shape index (κ2) is 6.31. The van der Waals surface area contributed by atoms with E-state index in [-0.39, 0.29) is 5.38 Å². The third-order valence-electron chi connectivity index (χ3n) is 2.99. The van der Waals surface area contributed by atoms with E-state index in [1.807, 2.05) is 30.8 Å². The van der Waals surface area contributed by atoms with E-state index in [0.29, 0.717) is 5.56 Å². The van der Waals surface area contributed by atoms with Gasteiger partial charge in [0, 0.05) is 6.54 Å². The Hall–Kier alpha value is -1.18. The molecule has 19 heavy (non-hydrogen) atoms. The van der Waals surface area contributed by atoms with Gasteiger partial charge in [0.15, 0.2) is 0 Å². The average Bonchev–Trinajstić information content (AvgIpc) is 2.77. The van der Waals surface area contributed by atoms with Crippen molar-refractivity contribution < 1.29 is 0 Å². The Balaban J connectivity index is 2.48. The van der Waals surface area contributed by atoms with Crippen LogP contribution in [-0.2, 0) is 6.54 Å². The van der Waals surface area contributed by atoms with Crippen LogP contribution in [0, 0.1) is 11.3 Å². The zero-order valence-corrected chi connectivity index (χ0v) is 12.6. The zero-order chi connectivity index (χ0) is 13.8. The molecule has 0 aliphatic heterocycles. The highest BCUT2D eigenvalue weighted by molar-refractivity contribution is 7.98. The van der Waals surface area contributed by atoms with E-state index in [1.54, 1.807) is 6.07 Å². The van der Waals surface area contributed by atoms with E-state index < -0.39 is 0 Å². The number of thioether (sulfide) groups is 1. The summed E-state index contributed by atoms with van der Waals surface area (Å²) in [4.78, 5) is 4.58. The molecule has 1 unspecified atom stereocenters. The second-order valence-corrected chi connectivity index (χ2v) is 6.04. The molecule has 0 spiro atoms. The quantitative estimate of drug-likeness (QED) is 0.619. The molecule has 1 aromatic carbocycles. The Morgan fingerprint density at radius 3 is 2.95 bits per heavy atom. The molecular weight excluding hydrogens is 278 g/mol. The van der Waals surface area contributed by atoms with Gasteiger partial charge in [-0.15, -0.1) is 11.6 Å². The van der Waals surface area contributed by atoms with Gasteiger partial charge in [-0.05, 0) is 43.6 Å². The summed E-state index contributed by atoms with van der Waals surface area (Å²) >= 11 is 8.04. The number of halogens is 1. The monoisotopic (exact) mass is 293 g/mol. The van der Waals surface area contributed by atoms with Gasteiger partial charge in [0.1, 0.15) is 5.82 Å². The standard InChI is InChI=1S/C14H16ClN3S/c1-10(15)14-17-12-5-4-11(9-16)8-13(12)18(14)6-3-7-19-2/h4-5,8,10H,3,6-7H2,1-2H3. The fraction of sp³-hybridized carbons (Fsp3) is 0.429. The summed E-state index contributed by atoms with van der Waals surface area (Å²) in [5, 5.41) is 8.88. The largest absolute Gasteiger partial charge is 0.327 e. The van der Waals surface area contributed by atoms with Crippen LogP contribution in [0.3, 0.4) is 0 Å². The summed E-state index contributed by atoms with van der Waals surface area (Å²) < 4.78 is 2.14. The first kappa shape index (κ1) is 14.2. The maximum absolute atomic E-state index is 9.01. The number of nitriles is 1. The molecule has 1 aromatic heterocycles. The van der Waals surface area contributed by atoms with Crippen LogP contribution in [0.4, 0.5) is 0 Å². The Morgan fingerprint density at radius 1 is 1.53 bits per heavy atom. The summed E-state index contributed by atoms with van der Waals surface area (Å²) in [6, 6.07) is 7.75. The van der Waals surface area contributed by atoms with Crippen molar-refractivity contribution in [3.63, 3.8) is 0 Å². The number of rotatable bonds is 5. The first-order valence-corrected chi connectivity index (χ1v) is 8.03. The maximum atomic E-state index is 9.01. The minimum absolute atomic E-state index is 0.132. The number of imidazole rings is 1. The maximum Gasteiger partial charge on any atom is 0.127 e. The summed E-state index contributed by atoms with van der Waals surface area (Å²) in [6.07, 6.45) is 3.17. The molecule has 3 nitrogen and oxygen atoms in total. The van der Waals surface area contributed by atoms with Crippen molar-refractivity contribution in [1.82, 2.24) is 9.55 Å². The Kier molecular flexibility index (Phi) is 4.73. The first-order chi connectivity index (χ1) is 9.17. The zero-order valence-electron chi connectivity index (χ0n) is 11.1. The smallest absolute Gasteiger partial charge is 0.127 e. The molecule has 0 radical (unpaired) electrons. The van der Waals surface area contributed by atoms with Crippen LogP contribution in [0.25, 0.3) is 11.0 Å². The van der Waals surface area contributed by atoms with Crippen molar-refractivity contribution in [3.05, 3.63) is 29.6 Å². The summed E-state index contributed by atoms with van der Waals surface area (Å²) in [7, 11) is 0. The van der Waals surface area contributed by atoms with E-state index in [4.69, 9.17) is 16.9 Å². The van der Waals surface area contributed by atoms with Crippen molar-refractivity contribution in [2.75, 3.05) is 12.0 Å². The molecule has 2 aromatic rings. The molecule has 100 valence electrons. The van der Waals surface area contributed by atoms with Crippen molar-refractivity contribution >= 4 is 34.4 Å². The highest BCUT2D eigenvalue weighted by Gasteiger charge is 2.14. The van der Waals surface area contributed by atoms with Crippen molar-refractivity contribution in [3.8, 4) is 6.07 Å². The summed E-state index contributed by atoms with van der Waals surface area (Å²) in [5.74, 6) is 1.99. The van der Waals surface area contributed by atoms with E-state index >= 15 is 0 Å². The Bertz CT molecular complexity index is 613. The van der Waals surface area contributed by atoms with Gasteiger partial charge in [0.25, 0.3) is 0 Å². The predicted octanol–water partition coefficient (Wildman–Crippen LogP) is 3.96. The SMILES string of the molecule is CSCCCn1c(C(C)Cl)nc2ccc(C#N)cc21. The van der Waals surface area contributed by atoms with Gasteiger partial charge in [-0.1, -0.05) is 0 Å². The Labute approximate surface area is 122 Å². The number of fused-ring (bicyclic) bond motifs is 1. The predicted molar refractivity (Wildman–Crippen MR) is 81.7 cm³/mol. The van der Waals surface area contributed by atoms with E-state index in [0.717, 1.165) is 35.6 Å². The third-order valence-corrected chi connectivity index (χ3v) is 3.88. The lowest BCUT2D eigenvalue weighted by Crippen LogP contribution is -2.05. The van der Waals surface area contributed by atoms with Gasteiger partial charge in [-0.25, -0.2) is 4.98 Å². The molecule has 1 heterocycles. The molecule has 2 rings (SSSR count). The van der Waals surface area contributed by atoms with Crippen LogP contribution in [0.15, 0.2) is 18.2 Å². The number of hydrogen-bond donors (Lipinski definition) is 0. The van der Waals surface area contributed by atoms with E-state index in [2.05, 4.69) is 21.9 Å². The lowest BCUT2D eigenvalue weighted by Gasteiger charge is -2.10. The topological polar surface area (TPSA) is 41.6 Å². The molecule has 0 fully saturated rings. The summed E-state index contributed by atoms with van der Waals surface area (Å²) in [6.45, 7) is 2.82. The summed E-state index contributed by atoms with van der Waals surface area (Å²) in [5.41, 5.74) is 2.57. The lowest BCUT2D eigenvalue weighted by molar-refractivity contribution is 0.658. The van der Waals surface area contributed by atoms with Crippen LogP contribution < -0.4 is 0 Å². The van der Waals surface area contributed by atoms with Gasteiger partial charge in [0.05, 0.1) is 28.0 Å².